The summed E-state index contributed by atoms with van der Waals surface area (Å²) in [6, 6.07) is 66.4. The molecule has 0 radical (unpaired) electrons. The maximum Gasteiger partial charge on any atom is 0.164 e. The maximum absolute atomic E-state index is 7.05. The topological polar surface area (TPSA) is 47.9 Å². The monoisotopic (exact) mass is 745 g/mol. The van der Waals surface area contributed by atoms with Gasteiger partial charge < -0.3 is 4.74 Å². The molecule has 0 fully saturated rings. The fourth-order valence-electron chi connectivity index (χ4n) is 9.17. The molecule has 0 atom stereocenters. The number of aromatic nitrogens is 3. The molecule has 8 aromatic carbocycles. The first-order valence-electron chi connectivity index (χ1n) is 19.2. The molecule has 3 heterocycles. The van der Waals surface area contributed by atoms with Crippen molar-refractivity contribution >= 4 is 31.5 Å². The van der Waals surface area contributed by atoms with E-state index < -0.39 is 5.41 Å². The van der Waals surface area contributed by atoms with Crippen molar-refractivity contribution in [2.75, 3.05) is 0 Å². The summed E-state index contributed by atoms with van der Waals surface area (Å²) in [7, 11) is 0. The fourth-order valence-corrected chi connectivity index (χ4v) is 10.4. The van der Waals surface area contributed by atoms with Crippen molar-refractivity contribution < 1.29 is 4.74 Å². The van der Waals surface area contributed by atoms with Crippen LogP contribution < -0.4 is 4.74 Å². The highest BCUT2D eigenvalue weighted by Gasteiger charge is 2.51. The van der Waals surface area contributed by atoms with Crippen LogP contribution in [0.3, 0.4) is 0 Å². The van der Waals surface area contributed by atoms with Crippen molar-refractivity contribution in [3.63, 3.8) is 0 Å². The van der Waals surface area contributed by atoms with E-state index in [2.05, 4.69) is 164 Å². The average Bonchev–Trinajstić information content (AvgIpc) is 3.82. The number of hydrogen-bond donors (Lipinski definition) is 0. The van der Waals surface area contributed by atoms with Gasteiger partial charge in [-0.1, -0.05) is 176 Å². The average molecular weight is 746 g/mol. The van der Waals surface area contributed by atoms with E-state index in [1.54, 1.807) is 11.3 Å². The number of rotatable bonds is 4. The zero-order valence-electron chi connectivity index (χ0n) is 30.6. The van der Waals surface area contributed by atoms with Crippen molar-refractivity contribution in [2.24, 2.45) is 0 Å². The van der Waals surface area contributed by atoms with Gasteiger partial charge in [0.05, 0.1) is 10.1 Å². The van der Waals surface area contributed by atoms with Crippen LogP contribution in [0.2, 0.25) is 0 Å². The molecule has 1 aliphatic carbocycles. The molecule has 0 unspecified atom stereocenters. The third-order valence-electron chi connectivity index (χ3n) is 11.6. The minimum atomic E-state index is -0.520. The van der Waals surface area contributed by atoms with Crippen LogP contribution in [0, 0.1) is 0 Å². The van der Waals surface area contributed by atoms with Gasteiger partial charge in [0.2, 0.25) is 0 Å². The van der Waals surface area contributed by atoms with Gasteiger partial charge in [-0.25, -0.2) is 15.0 Å². The number of para-hydroxylation sites is 1. The van der Waals surface area contributed by atoms with Gasteiger partial charge >= 0.3 is 0 Å². The highest BCUT2D eigenvalue weighted by atomic mass is 32.1. The first-order valence-corrected chi connectivity index (χ1v) is 20.0. The Hall–Kier alpha value is -7.21. The summed E-state index contributed by atoms with van der Waals surface area (Å²) in [4.78, 5) is 15.4. The Balaban J connectivity index is 1.08. The molecule has 57 heavy (non-hydrogen) atoms. The second-order valence-electron chi connectivity index (χ2n) is 14.7. The predicted molar refractivity (Wildman–Crippen MR) is 232 cm³/mol. The molecule has 0 amide bonds. The van der Waals surface area contributed by atoms with Crippen LogP contribution in [0.15, 0.2) is 188 Å². The van der Waals surface area contributed by atoms with Gasteiger partial charge in [-0.05, 0) is 45.5 Å². The smallest absolute Gasteiger partial charge is 0.164 e. The number of hydrogen-bond acceptors (Lipinski definition) is 5. The molecule has 266 valence electrons. The summed E-state index contributed by atoms with van der Waals surface area (Å²) in [6.07, 6.45) is 0. The summed E-state index contributed by atoms with van der Waals surface area (Å²) in [6.45, 7) is 0. The SMILES string of the molecule is c1ccc(-c2ccc(-c3nc(-c4ccccc4)nc(-c4cccc5sc6c7c(ccc6c45)C4(c5ccccc5O7)c5ccccc5-c5ccccc54)n3)cc2)cc1. The van der Waals surface area contributed by atoms with E-state index in [4.69, 9.17) is 19.7 Å². The van der Waals surface area contributed by atoms with Gasteiger partial charge in [-0.3, -0.25) is 0 Å². The third-order valence-corrected chi connectivity index (χ3v) is 12.8. The largest absolute Gasteiger partial charge is 0.455 e. The van der Waals surface area contributed by atoms with Crippen LogP contribution in [0.4, 0.5) is 0 Å². The Labute approximate surface area is 333 Å². The van der Waals surface area contributed by atoms with Gasteiger partial charge in [-0.2, -0.15) is 0 Å². The van der Waals surface area contributed by atoms with E-state index in [0.717, 1.165) is 59.5 Å². The predicted octanol–water partition coefficient (Wildman–Crippen LogP) is 13.4. The van der Waals surface area contributed by atoms with Gasteiger partial charge in [0.1, 0.15) is 11.5 Å². The van der Waals surface area contributed by atoms with Crippen LogP contribution in [0.5, 0.6) is 11.5 Å². The van der Waals surface area contributed by atoms with Crippen molar-refractivity contribution in [1.82, 2.24) is 15.0 Å². The molecule has 12 rings (SSSR count). The second-order valence-corrected chi connectivity index (χ2v) is 15.7. The highest BCUT2D eigenvalue weighted by Crippen LogP contribution is 2.63. The zero-order chi connectivity index (χ0) is 37.5. The molecule has 1 aliphatic heterocycles. The lowest BCUT2D eigenvalue weighted by molar-refractivity contribution is 0.442. The Morgan fingerprint density at radius 1 is 0.386 bits per heavy atom. The number of ether oxygens (including phenoxy) is 1. The van der Waals surface area contributed by atoms with Gasteiger partial charge in [0.25, 0.3) is 0 Å². The van der Waals surface area contributed by atoms with Gasteiger partial charge in [0.15, 0.2) is 17.5 Å². The fraction of sp³-hybridized carbons (Fsp3) is 0.0192. The first-order chi connectivity index (χ1) is 28.3. The van der Waals surface area contributed by atoms with Crippen molar-refractivity contribution in [3.05, 3.63) is 210 Å². The second kappa shape index (κ2) is 12.4. The van der Waals surface area contributed by atoms with E-state index in [1.807, 2.05) is 24.3 Å². The molecule has 0 bridgehead atoms. The molecule has 2 aromatic heterocycles. The molecule has 5 heteroatoms. The summed E-state index contributed by atoms with van der Waals surface area (Å²) in [5, 5.41) is 2.23. The standard InChI is InChI=1S/C52H31N3OS/c1-3-14-32(15-4-1)33-26-28-35(29-27-33)50-53-49(34-16-5-2-6-17-34)54-51(55-50)39-20-13-25-45-46(39)38-30-31-43-47(48(38)57-45)56-44-24-12-11-23-42(44)52(43)40-21-9-7-18-36(40)37-19-8-10-22-41(37)52/h1-31H. The number of fused-ring (bicyclic) bond motifs is 13. The summed E-state index contributed by atoms with van der Waals surface area (Å²) >= 11 is 1.77. The van der Waals surface area contributed by atoms with E-state index >= 15 is 0 Å². The molecule has 0 N–H and O–H groups in total. The van der Waals surface area contributed by atoms with Crippen molar-refractivity contribution in [2.45, 2.75) is 5.41 Å². The summed E-state index contributed by atoms with van der Waals surface area (Å²) < 4.78 is 9.31. The molecule has 0 saturated heterocycles. The third kappa shape index (κ3) is 4.70. The Morgan fingerprint density at radius 2 is 0.912 bits per heavy atom. The van der Waals surface area contributed by atoms with Crippen molar-refractivity contribution in [3.8, 4) is 67.9 Å². The molecular formula is C52H31N3OS. The lowest BCUT2D eigenvalue weighted by Gasteiger charge is -2.39. The number of nitrogens with zero attached hydrogens (tertiary/aromatic N) is 3. The van der Waals surface area contributed by atoms with Crippen LogP contribution >= 0.6 is 11.3 Å². The number of benzene rings is 8. The summed E-state index contributed by atoms with van der Waals surface area (Å²) in [5.74, 6) is 3.69. The van der Waals surface area contributed by atoms with E-state index in [1.165, 1.54) is 33.4 Å². The molecule has 2 aliphatic rings. The van der Waals surface area contributed by atoms with Gasteiger partial charge in [0, 0.05) is 43.3 Å². The van der Waals surface area contributed by atoms with E-state index in [-0.39, 0.29) is 0 Å². The Morgan fingerprint density at radius 3 is 1.61 bits per heavy atom. The lowest BCUT2D eigenvalue weighted by atomic mass is 9.66. The molecule has 4 nitrogen and oxygen atoms in total. The van der Waals surface area contributed by atoms with Crippen LogP contribution in [0.25, 0.3) is 76.6 Å². The Kier molecular flexibility index (Phi) is 6.98. The Bertz CT molecular complexity index is 3160. The molecule has 0 saturated carbocycles. The number of thiophene rings is 1. The zero-order valence-corrected chi connectivity index (χ0v) is 31.4. The quantitative estimate of drug-likeness (QED) is 0.180. The van der Waals surface area contributed by atoms with E-state index in [0.29, 0.717) is 17.5 Å². The van der Waals surface area contributed by atoms with Gasteiger partial charge in [-0.15, -0.1) is 11.3 Å². The molecular weight excluding hydrogens is 715 g/mol. The minimum Gasteiger partial charge on any atom is -0.455 e. The minimum absolute atomic E-state index is 0.520. The first kappa shape index (κ1) is 32.1. The maximum atomic E-state index is 7.05. The van der Waals surface area contributed by atoms with Crippen LogP contribution in [-0.2, 0) is 5.41 Å². The lowest BCUT2D eigenvalue weighted by Crippen LogP contribution is -2.32. The molecule has 10 aromatic rings. The van der Waals surface area contributed by atoms with E-state index in [9.17, 15) is 0 Å². The van der Waals surface area contributed by atoms with Crippen molar-refractivity contribution in [1.29, 1.82) is 0 Å². The molecule has 1 spiro atoms. The van der Waals surface area contributed by atoms with Crippen LogP contribution in [0.1, 0.15) is 22.3 Å². The highest BCUT2D eigenvalue weighted by molar-refractivity contribution is 7.26. The van der Waals surface area contributed by atoms with Crippen LogP contribution in [-0.4, -0.2) is 15.0 Å². The normalized spacial score (nSPS) is 13.2. The summed E-state index contributed by atoms with van der Waals surface area (Å²) in [5.41, 5.74) is 12.1.